The van der Waals surface area contributed by atoms with Crippen molar-refractivity contribution in [3.05, 3.63) is 65.5 Å². The van der Waals surface area contributed by atoms with Crippen LogP contribution < -0.4 is 4.74 Å². The molecule has 0 amide bonds. The standard InChI is InChI=1S/C21H24N2O2/c1-5-18(16-9-7-6-8-10-16)21-22-20(23-25-21)17-11-12-19(15(4)13-17)24-14(2)3/h6-14,18H,5H2,1-4H3/t18-/m0/s1. The number of rotatable bonds is 6. The molecule has 0 saturated heterocycles. The number of ether oxygens (including phenoxy) is 1. The Morgan fingerprint density at radius 2 is 1.84 bits per heavy atom. The molecule has 25 heavy (non-hydrogen) atoms. The van der Waals surface area contributed by atoms with Gasteiger partial charge in [-0.15, -0.1) is 0 Å². The van der Waals surface area contributed by atoms with E-state index >= 15 is 0 Å². The molecule has 3 rings (SSSR count). The predicted molar refractivity (Wildman–Crippen MR) is 98.8 cm³/mol. The minimum atomic E-state index is 0.118. The molecule has 1 heterocycles. The van der Waals surface area contributed by atoms with Crippen LogP contribution in [0.15, 0.2) is 53.1 Å². The number of aryl methyl sites for hydroxylation is 1. The third-order valence-corrected chi connectivity index (χ3v) is 4.15. The normalized spacial score (nSPS) is 12.4. The molecule has 0 aliphatic heterocycles. The van der Waals surface area contributed by atoms with E-state index in [1.165, 1.54) is 5.56 Å². The summed E-state index contributed by atoms with van der Waals surface area (Å²) in [7, 11) is 0. The van der Waals surface area contributed by atoms with Gasteiger partial charge in [-0.2, -0.15) is 4.98 Å². The van der Waals surface area contributed by atoms with Gasteiger partial charge >= 0.3 is 0 Å². The first-order chi connectivity index (χ1) is 12.1. The molecular weight excluding hydrogens is 312 g/mol. The summed E-state index contributed by atoms with van der Waals surface area (Å²) >= 11 is 0. The zero-order chi connectivity index (χ0) is 17.8. The van der Waals surface area contributed by atoms with E-state index in [-0.39, 0.29) is 12.0 Å². The van der Waals surface area contributed by atoms with E-state index in [2.05, 4.69) is 29.2 Å². The molecule has 4 heteroatoms. The molecular formula is C21H24N2O2. The van der Waals surface area contributed by atoms with Crippen molar-refractivity contribution in [2.45, 2.75) is 46.1 Å². The minimum absolute atomic E-state index is 0.118. The van der Waals surface area contributed by atoms with Crippen LogP contribution in [0.3, 0.4) is 0 Å². The van der Waals surface area contributed by atoms with Gasteiger partial charge in [0.1, 0.15) is 5.75 Å². The van der Waals surface area contributed by atoms with Crippen LogP contribution in [0.1, 0.15) is 50.1 Å². The van der Waals surface area contributed by atoms with Crippen LogP contribution in [0.4, 0.5) is 0 Å². The first-order valence-corrected chi connectivity index (χ1v) is 8.74. The minimum Gasteiger partial charge on any atom is -0.491 e. The maximum Gasteiger partial charge on any atom is 0.234 e. The van der Waals surface area contributed by atoms with Gasteiger partial charge in [0.05, 0.1) is 12.0 Å². The second kappa shape index (κ2) is 7.51. The number of benzene rings is 2. The Labute approximate surface area is 148 Å². The fraction of sp³-hybridized carbons (Fsp3) is 0.333. The molecule has 0 aliphatic carbocycles. The van der Waals surface area contributed by atoms with Gasteiger partial charge < -0.3 is 9.26 Å². The molecule has 0 radical (unpaired) electrons. The Balaban J connectivity index is 1.87. The van der Waals surface area contributed by atoms with Crippen molar-refractivity contribution in [1.29, 1.82) is 0 Å². The van der Waals surface area contributed by atoms with E-state index in [0.29, 0.717) is 11.7 Å². The summed E-state index contributed by atoms with van der Waals surface area (Å²) in [5.74, 6) is 2.28. The third kappa shape index (κ3) is 3.90. The Kier molecular flexibility index (Phi) is 5.17. The average molecular weight is 336 g/mol. The van der Waals surface area contributed by atoms with E-state index in [4.69, 9.17) is 9.26 Å². The highest BCUT2D eigenvalue weighted by Gasteiger charge is 2.20. The third-order valence-electron chi connectivity index (χ3n) is 4.15. The monoisotopic (exact) mass is 336 g/mol. The van der Waals surface area contributed by atoms with Crippen molar-refractivity contribution in [2.75, 3.05) is 0 Å². The molecule has 2 aromatic carbocycles. The fourth-order valence-electron chi connectivity index (χ4n) is 2.91. The van der Waals surface area contributed by atoms with Crippen LogP contribution in [-0.4, -0.2) is 16.2 Å². The lowest BCUT2D eigenvalue weighted by Crippen LogP contribution is -2.06. The number of aromatic nitrogens is 2. The summed E-state index contributed by atoms with van der Waals surface area (Å²) in [6, 6.07) is 16.3. The van der Waals surface area contributed by atoms with Gasteiger partial charge in [0, 0.05) is 5.56 Å². The van der Waals surface area contributed by atoms with Gasteiger partial charge in [-0.1, -0.05) is 42.4 Å². The zero-order valence-corrected chi connectivity index (χ0v) is 15.2. The van der Waals surface area contributed by atoms with Crippen LogP contribution >= 0.6 is 0 Å². The Hall–Kier alpha value is -2.62. The van der Waals surface area contributed by atoms with E-state index in [1.54, 1.807) is 0 Å². The molecule has 0 saturated carbocycles. The summed E-state index contributed by atoms with van der Waals surface area (Å²) in [6.07, 6.45) is 1.06. The van der Waals surface area contributed by atoms with Gasteiger partial charge in [-0.3, -0.25) is 0 Å². The Morgan fingerprint density at radius 1 is 1.08 bits per heavy atom. The maximum absolute atomic E-state index is 5.79. The molecule has 3 aromatic rings. The van der Waals surface area contributed by atoms with Gasteiger partial charge in [-0.25, -0.2) is 0 Å². The molecule has 0 fully saturated rings. The van der Waals surface area contributed by atoms with Crippen LogP contribution in [0.2, 0.25) is 0 Å². The molecule has 130 valence electrons. The van der Waals surface area contributed by atoms with Gasteiger partial charge in [0.15, 0.2) is 0 Å². The first kappa shape index (κ1) is 17.2. The van der Waals surface area contributed by atoms with Crippen LogP contribution in [0.25, 0.3) is 11.4 Å². The quantitative estimate of drug-likeness (QED) is 0.607. The molecule has 0 N–H and O–H groups in total. The fourth-order valence-corrected chi connectivity index (χ4v) is 2.91. The topological polar surface area (TPSA) is 48.2 Å². The molecule has 1 aromatic heterocycles. The van der Waals surface area contributed by atoms with E-state index in [1.807, 2.05) is 57.2 Å². The van der Waals surface area contributed by atoms with Crippen molar-refractivity contribution in [1.82, 2.24) is 10.1 Å². The van der Waals surface area contributed by atoms with Gasteiger partial charge in [0.2, 0.25) is 11.7 Å². The highest BCUT2D eigenvalue weighted by Crippen LogP contribution is 2.30. The summed E-state index contributed by atoms with van der Waals surface area (Å²) < 4.78 is 11.4. The van der Waals surface area contributed by atoms with Crippen molar-refractivity contribution in [3.63, 3.8) is 0 Å². The smallest absolute Gasteiger partial charge is 0.234 e. The SMILES string of the molecule is CC[C@@H](c1ccccc1)c1nc(-c2ccc(OC(C)C)c(C)c2)no1. The molecule has 4 nitrogen and oxygen atoms in total. The molecule has 0 bridgehead atoms. The number of hydrogen-bond acceptors (Lipinski definition) is 4. The van der Waals surface area contributed by atoms with E-state index in [0.717, 1.165) is 23.3 Å². The Bertz CT molecular complexity index is 825. The maximum atomic E-state index is 5.79. The molecule has 0 aliphatic rings. The zero-order valence-electron chi connectivity index (χ0n) is 15.2. The lowest BCUT2D eigenvalue weighted by molar-refractivity contribution is 0.241. The van der Waals surface area contributed by atoms with Crippen LogP contribution in [0, 0.1) is 6.92 Å². The summed E-state index contributed by atoms with van der Waals surface area (Å²) in [5.41, 5.74) is 3.19. The summed E-state index contributed by atoms with van der Waals surface area (Å²) in [4.78, 5) is 4.64. The van der Waals surface area contributed by atoms with Crippen molar-refractivity contribution in [3.8, 4) is 17.1 Å². The van der Waals surface area contributed by atoms with E-state index in [9.17, 15) is 0 Å². The van der Waals surface area contributed by atoms with Gasteiger partial charge in [-0.05, 0) is 56.5 Å². The molecule has 0 unspecified atom stereocenters. The lowest BCUT2D eigenvalue weighted by Gasteiger charge is -2.12. The Morgan fingerprint density at radius 3 is 2.48 bits per heavy atom. The largest absolute Gasteiger partial charge is 0.491 e. The van der Waals surface area contributed by atoms with Crippen molar-refractivity contribution < 1.29 is 9.26 Å². The van der Waals surface area contributed by atoms with Crippen molar-refractivity contribution >= 4 is 0 Å². The summed E-state index contributed by atoms with van der Waals surface area (Å²) in [6.45, 7) is 8.20. The highest BCUT2D eigenvalue weighted by molar-refractivity contribution is 5.58. The average Bonchev–Trinajstić information content (AvgIpc) is 3.08. The first-order valence-electron chi connectivity index (χ1n) is 8.74. The second-order valence-electron chi connectivity index (χ2n) is 6.47. The van der Waals surface area contributed by atoms with Gasteiger partial charge in [0.25, 0.3) is 0 Å². The summed E-state index contributed by atoms with van der Waals surface area (Å²) in [5, 5.41) is 4.19. The van der Waals surface area contributed by atoms with Crippen LogP contribution in [0.5, 0.6) is 5.75 Å². The van der Waals surface area contributed by atoms with E-state index < -0.39 is 0 Å². The highest BCUT2D eigenvalue weighted by atomic mass is 16.5. The molecule has 1 atom stereocenters. The predicted octanol–water partition coefficient (Wildman–Crippen LogP) is 5.37. The van der Waals surface area contributed by atoms with Crippen LogP contribution in [-0.2, 0) is 0 Å². The van der Waals surface area contributed by atoms with Crippen molar-refractivity contribution in [2.24, 2.45) is 0 Å². The second-order valence-corrected chi connectivity index (χ2v) is 6.47. The lowest BCUT2D eigenvalue weighted by atomic mass is 9.96. The number of nitrogens with zero attached hydrogens (tertiary/aromatic N) is 2. The number of hydrogen-bond donors (Lipinski definition) is 0. The molecule has 0 spiro atoms.